The predicted molar refractivity (Wildman–Crippen MR) is 54.7 cm³/mol. The predicted octanol–water partition coefficient (Wildman–Crippen LogP) is 1.58. The van der Waals surface area contributed by atoms with E-state index < -0.39 is 0 Å². The van der Waals surface area contributed by atoms with Gasteiger partial charge in [-0.1, -0.05) is 6.92 Å². The van der Waals surface area contributed by atoms with E-state index in [9.17, 15) is 0 Å². The number of aryl methyl sites for hydroxylation is 1. The molecule has 1 rings (SSSR count). The minimum absolute atomic E-state index is 0.499. The minimum atomic E-state index is 0.499. The maximum absolute atomic E-state index is 4.24. The second-order valence-electron chi connectivity index (χ2n) is 3.51. The molecule has 1 atom stereocenters. The Bertz CT molecular complexity index is 242. The zero-order valence-corrected chi connectivity index (χ0v) is 8.75. The molecule has 0 spiro atoms. The quantitative estimate of drug-likeness (QED) is 0.747. The molecule has 1 heterocycles. The van der Waals surface area contributed by atoms with Crippen molar-refractivity contribution in [2.45, 2.75) is 39.8 Å². The number of aromatic nitrogens is 2. The van der Waals surface area contributed by atoms with E-state index >= 15 is 0 Å². The van der Waals surface area contributed by atoms with Gasteiger partial charge in [-0.05, 0) is 32.9 Å². The van der Waals surface area contributed by atoms with E-state index in [1.165, 1.54) is 12.1 Å². The summed E-state index contributed by atoms with van der Waals surface area (Å²) in [6.07, 6.45) is 3.03. The summed E-state index contributed by atoms with van der Waals surface area (Å²) in [4.78, 5) is 0. The molecule has 0 aliphatic carbocycles. The third-order valence-electron chi connectivity index (χ3n) is 2.12. The molecule has 0 bridgehead atoms. The van der Waals surface area contributed by atoms with Gasteiger partial charge in [-0.2, -0.15) is 5.10 Å². The highest BCUT2D eigenvalue weighted by Crippen LogP contribution is 1.97. The summed E-state index contributed by atoms with van der Waals surface area (Å²) in [6.45, 7) is 8.50. The molecule has 0 saturated carbocycles. The van der Waals surface area contributed by atoms with Gasteiger partial charge < -0.3 is 5.32 Å². The molecular formula is C10H19N3. The highest BCUT2D eigenvalue weighted by atomic mass is 15.3. The van der Waals surface area contributed by atoms with E-state index in [2.05, 4.69) is 31.2 Å². The molecular weight excluding hydrogens is 162 g/mol. The molecule has 1 aromatic rings. The van der Waals surface area contributed by atoms with Gasteiger partial charge in [0.25, 0.3) is 0 Å². The fraction of sp³-hybridized carbons (Fsp3) is 0.700. The molecule has 0 amide bonds. The summed E-state index contributed by atoms with van der Waals surface area (Å²) in [5.74, 6) is 0. The molecule has 0 radical (unpaired) electrons. The SMILES string of the molecule is CCCNC(C)Cn1nccc1C. The molecule has 13 heavy (non-hydrogen) atoms. The van der Waals surface area contributed by atoms with Crippen LogP contribution in [0.15, 0.2) is 12.3 Å². The lowest BCUT2D eigenvalue weighted by molar-refractivity contribution is 0.446. The average molecular weight is 181 g/mol. The molecule has 74 valence electrons. The number of hydrogen-bond acceptors (Lipinski definition) is 2. The lowest BCUT2D eigenvalue weighted by atomic mass is 10.3. The van der Waals surface area contributed by atoms with Crippen LogP contribution in [0.4, 0.5) is 0 Å². The average Bonchev–Trinajstić information content (AvgIpc) is 2.48. The van der Waals surface area contributed by atoms with Crippen molar-refractivity contribution in [2.24, 2.45) is 0 Å². The first kappa shape index (κ1) is 10.3. The van der Waals surface area contributed by atoms with Gasteiger partial charge in [0.2, 0.25) is 0 Å². The first-order valence-corrected chi connectivity index (χ1v) is 4.95. The van der Waals surface area contributed by atoms with E-state index in [-0.39, 0.29) is 0 Å². The van der Waals surface area contributed by atoms with Gasteiger partial charge in [0.15, 0.2) is 0 Å². The van der Waals surface area contributed by atoms with Crippen molar-refractivity contribution in [3.8, 4) is 0 Å². The Hall–Kier alpha value is -0.830. The molecule has 3 heteroatoms. The Balaban J connectivity index is 2.36. The third-order valence-corrected chi connectivity index (χ3v) is 2.12. The maximum Gasteiger partial charge on any atom is 0.0563 e. The van der Waals surface area contributed by atoms with Gasteiger partial charge in [-0.3, -0.25) is 4.68 Å². The second-order valence-corrected chi connectivity index (χ2v) is 3.51. The Morgan fingerprint density at radius 2 is 2.38 bits per heavy atom. The van der Waals surface area contributed by atoms with Crippen LogP contribution < -0.4 is 5.32 Å². The smallest absolute Gasteiger partial charge is 0.0563 e. The van der Waals surface area contributed by atoms with Crippen LogP contribution in [0.2, 0.25) is 0 Å². The van der Waals surface area contributed by atoms with Crippen LogP contribution in [0.3, 0.4) is 0 Å². The van der Waals surface area contributed by atoms with Gasteiger partial charge in [0.1, 0.15) is 0 Å². The Kier molecular flexibility index (Phi) is 3.96. The van der Waals surface area contributed by atoms with E-state index in [1.54, 1.807) is 0 Å². The van der Waals surface area contributed by atoms with E-state index in [0.717, 1.165) is 13.1 Å². The van der Waals surface area contributed by atoms with Crippen LogP contribution in [0.25, 0.3) is 0 Å². The monoisotopic (exact) mass is 181 g/mol. The summed E-state index contributed by atoms with van der Waals surface area (Å²) < 4.78 is 2.04. The molecule has 0 aliphatic heterocycles. The first-order valence-electron chi connectivity index (χ1n) is 4.95. The van der Waals surface area contributed by atoms with Crippen LogP contribution in [0, 0.1) is 6.92 Å². The van der Waals surface area contributed by atoms with Gasteiger partial charge in [0.05, 0.1) is 6.54 Å². The van der Waals surface area contributed by atoms with Crippen LogP contribution in [-0.4, -0.2) is 22.4 Å². The molecule has 1 aromatic heterocycles. The van der Waals surface area contributed by atoms with Gasteiger partial charge >= 0.3 is 0 Å². The summed E-state index contributed by atoms with van der Waals surface area (Å²) in [7, 11) is 0. The topological polar surface area (TPSA) is 29.9 Å². The fourth-order valence-electron chi connectivity index (χ4n) is 1.30. The molecule has 0 aromatic carbocycles. The van der Waals surface area contributed by atoms with Crippen molar-refractivity contribution in [3.63, 3.8) is 0 Å². The molecule has 1 N–H and O–H groups in total. The molecule has 1 unspecified atom stereocenters. The Morgan fingerprint density at radius 1 is 1.62 bits per heavy atom. The van der Waals surface area contributed by atoms with Crippen molar-refractivity contribution < 1.29 is 0 Å². The fourth-order valence-corrected chi connectivity index (χ4v) is 1.30. The lowest BCUT2D eigenvalue weighted by Gasteiger charge is -2.13. The summed E-state index contributed by atoms with van der Waals surface area (Å²) in [5.41, 5.74) is 1.23. The van der Waals surface area contributed by atoms with Crippen LogP contribution >= 0.6 is 0 Å². The summed E-state index contributed by atoms with van der Waals surface area (Å²) in [5, 5.41) is 7.68. The van der Waals surface area contributed by atoms with Crippen LogP contribution in [0.5, 0.6) is 0 Å². The summed E-state index contributed by atoms with van der Waals surface area (Å²) >= 11 is 0. The van der Waals surface area contributed by atoms with Gasteiger partial charge in [0, 0.05) is 17.9 Å². The van der Waals surface area contributed by atoms with Crippen molar-refractivity contribution in [2.75, 3.05) is 6.54 Å². The third kappa shape index (κ3) is 3.19. The first-order chi connectivity index (χ1) is 6.24. The van der Waals surface area contributed by atoms with E-state index in [0.29, 0.717) is 6.04 Å². The number of hydrogen-bond donors (Lipinski definition) is 1. The van der Waals surface area contributed by atoms with Gasteiger partial charge in [-0.25, -0.2) is 0 Å². The standard InChI is InChI=1S/C10H19N3/c1-4-6-11-9(2)8-13-10(3)5-7-12-13/h5,7,9,11H,4,6,8H2,1-3H3. The zero-order valence-electron chi connectivity index (χ0n) is 8.75. The Morgan fingerprint density at radius 3 is 2.92 bits per heavy atom. The number of nitrogens with one attached hydrogen (secondary N) is 1. The van der Waals surface area contributed by atoms with Crippen molar-refractivity contribution in [1.82, 2.24) is 15.1 Å². The van der Waals surface area contributed by atoms with Gasteiger partial charge in [-0.15, -0.1) is 0 Å². The minimum Gasteiger partial charge on any atom is -0.312 e. The zero-order chi connectivity index (χ0) is 9.68. The van der Waals surface area contributed by atoms with Crippen LogP contribution in [0.1, 0.15) is 26.0 Å². The second kappa shape index (κ2) is 5.02. The molecule has 0 aliphatic rings. The highest BCUT2D eigenvalue weighted by Gasteiger charge is 2.03. The highest BCUT2D eigenvalue weighted by molar-refractivity contribution is 4.96. The summed E-state index contributed by atoms with van der Waals surface area (Å²) in [6, 6.07) is 2.53. The molecule has 0 fully saturated rings. The lowest BCUT2D eigenvalue weighted by Crippen LogP contribution is -2.31. The van der Waals surface area contributed by atoms with Crippen molar-refractivity contribution >= 4 is 0 Å². The van der Waals surface area contributed by atoms with Crippen LogP contribution in [-0.2, 0) is 6.54 Å². The normalized spacial score (nSPS) is 13.2. The number of nitrogens with zero attached hydrogens (tertiary/aromatic N) is 2. The molecule has 3 nitrogen and oxygen atoms in total. The Labute approximate surface area is 80.1 Å². The molecule has 0 saturated heterocycles. The van der Waals surface area contributed by atoms with E-state index in [4.69, 9.17) is 0 Å². The number of rotatable bonds is 5. The van der Waals surface area contributed by atoms with Crippen molar-refractivity contribution in [1.29, 1.82) is 0 Å². The van der Waals surface area contributed by atoms with Crippen molar-refractivity contribution in [3.05, 3.63) is 18.0 Å². The maximum atomic E-state index is 4.24. The largest absolute Gasteiger partial charge is 0.312 e. The van der Waals surface area contributed by atoms with E-state index in [1.807, 2.05) is 16.9 Å².